The fourth-order valence-electron chi connectivity index (χ4n) is 3.20. The average Bonchev–Trinajstić information content (AvgIpc) is 3.22. The second kappa shape index (κ2) is 11.1. The standard InChI is InChI=1S/C23H23F4N3O3/c1-32-9-8-28-22(31)20-15-33-21(29-20)14-30(13-17-5-3-7-19(24)11-17)12-16-4-2-6-18(10-16)23(25,26)27/h2-7,10-11,15H,8-9,12-14H2,1H3,(H,28,31). The molecule has 0 aliphatic heterocycles. The number of benzene rings is 2. The van der Waals surface area contributed by atoms with Gasteiger partial charge in [0.2, 0.25) is 5.89 Å². The van der Waals surface area contributed by atoms with Gasteiger partial charge in [0.1, 0.15) is 12.1 Å². The van der Waals surface area contributed by atoms with Crippen molar-refractivity contribution in [2.45, 2.75) is 25.8 Å². The second-order valence-electron chi connectivity index (χ2n) is 7.35. The van der Waals surface area contributed by atoms with Crippen LogP contribution in [0.2, 0.25) is 0 Å². The van der Waals surface area contributed by atoms with Crippen LogP contribution in [0.4, 0.5) is 17.6 Å². The summed E-state index contributed by atoms with van der Waals surface area (Å²) >= 11 is 0. The van der Waals surface area contributed by atoms with Gasteiger partial charge in [-0.2, -0.15) is 13.2 Å². The van der Waals surface area contributed by atoms with E-state index in [4.69, 9.17) is 9.15 Å². The van der Waals surface area contributed by atoms with Crippen LogP contribution in [0.15, 0.2) is 59.2 Å². The molecule has 10 heteroatoms. The maximum absolute atomic E-state index is 13.6. The van der Waals surface area contributed by atoms with Crippen LogP contribution < -0.4 is 5.32 Å². The summed E-state index contributed by atoms with van der Waals surface area (Å²) in [5.41, 5.74) is 0.374. The highest BCUT2D eigenvalue weighted by atomic mass is 19.4. The number of halogens is 4. The van der Waals surface area contributed by atoms with E-state index < -0.39 is 23.5 Å². The summed E-state index contributed by atoms with van der Waals surface area (Å²) in [5, 5.41) is 2.62. The van der Waals surface area contributed by atoms with Gasteiger partial charge in [0.05, 0.1) is 18.7 Å². The quantitative estimate of drug-likeness (QED) is 0.355. The normalized spacial score (nSPS) is 11.7. The number of methoxy groups -OCH3 is 1. The number of nitrogens with zero attached hydrogens (tertiary/aromatic N) is 2. The molecule has 0 aliphatic carbocycles. The van der Waals surface area contributed by atoms with E-state index in [1.165, 1.54) is 31.6 Å². The molecule has 0 fully saturated rings. The van der Waals surface area contributed by atoms with Crippen molar-refractivity contribution in [1.82, 2.24) is 15.2 Å². The zero-order valence-corrected chi connectivity index (χ0v) is 17.9. The molecule has 0 bridgehead atoms. The summed E-state index contributed by atoms with van der Waals surface area (Å²) in [6, 6.07) is 10.9. The Morgan fingerprint density at radius 2 is 1.79 bits per heavy atom. The predicted molar refractivity (Wildman–Crippen MR) is 112 cm³/mol. The van der Waals surface area contributed by atoms with Crippen molar-refractivity contribution >= 4 is 5.91 Å². The Labute approximate surface area is 188 Å². The van der Waals surface area contributed by atoms with Crippen molar-refractivity contribution < 1.29 is 31.5 Å². The molecule has 0 aliphatic rings. The molecule has 2 aromatic carbocycles. The first kappa shape index (κ1) is 24.4. The van der Waals surface area contributed by atoms with E-state index in [1.54, 1.807) is 23.1 Å². The molecule has 0 unspecified atom stereocenters. The molecule has 1 heterocycles. The lowest BCUT2D eigenvalue weighted by Gasteiger charge is -2.21. The van der Waals surface area contributed by atoms with E-state index >= 15 is 0 Å². The fourth-order valence-corrected chi connectivity index (χ4v) is 3.20. The summed E-state index contributed by atoms with van der Waals surface area (Å²) < 4.78 is 63.2. The maximum atomic E-state index is 13.6. The lowest BCUT2D eigenvalue weighted by atomic mass is 10.1. The third-order valence-electron chi connectivity index (χ3n) is 4.69. The number of carbonyl (C=O) groups excluding carboxylic acids is 1. The molecule has 3 aromatic rings. The minimum atomic E-state index is -4.46. The Morgan fingerprint density at radius 1 is 1.09 bits per heavy atom. The van der Waals surface area contributed by atoms with Gasteiger partial charge in [-0.05, 0) is 29.3 Å². The molecule has 0 radical (unpaired) electrons. The Hall–Kier alpha value is -3.24. The Kier molecular flexibility index (Phi) is 8.18. The van der Waals surface area contributed by atoms with Crippen molar-refractivity contribution in [2.24, 2.45) is 0 Å². The number of aromatic nitrogens is 1. The third-order valence-corrected chi connectivity index (χ3v) is 4.69. The van der Waals surface area contributed by atoms with Crippen LogP contribution in [-0.2, 0) is 30.5 Å². The third kappa shape index (κ3) is 7.40. The van der Waals surface area contributed by atoms with Crippen molar-refractivity contribution in [3.05, 3.63) is 88.9 Å². The Morgan fingerprint density at radius 3 is 2.45 bits per heavy atom. The van der Waals surface area contributed by atoms with Gasteiger partial charge in [0, 0.05) is 26.7 Å². The zero-order chi connectivity index (χ0) is 23.8. The van der Waals surface area contributed by atoms with E-state index in [2.05, 4.69) is 10.3 Å². The van der Waals surface area contributed by atoms with Gasteiger partial charge in [-0.15, -0.1) is 0 Å². The van der Waals surface area contributed by atoms with Gasteiger partial charge >= 0.3 is 6.18 Å². The van der Waals surface area contributed by atoms with Gasteiger partial charge < -0.3 is 14.5 Å². The largest absolute Gasteiger partial charge is 0.447 e. The van der Waals surface area contributed by atoms with Crippen LogP contribution in [0.3, 0.4) is 0 Å². The monoisotopic (exact) mass is 465 g/mol. The van der Waals surface area contributed by atoms with E-state index in [0.717, 1.165) is 12.1 Å². The van der Waals surface area contributed by atoms with Crippen LogP contribution in [0.1, 0.15) is 33.1 Å². The molecular formula is C23H23F4N3O3. The highest BCUT2D eigenvalue weighted by Gasteiger charge is 2.30. The highest BCUT2D eigenvalue weighted by molar-refractivity contribution is 5.91. The summed E-state index contributed by atoms with van der Waals surface area (Å²) in [4.78, 5) is 18.0. The molecule has 33 heavy (non-hydrogen) atoms. The second-order valence-corrected chi connectivity index (χ2v) is 7.35. The van der Waals surface area contributed by atoms with Gasteiger partial charge in [0.25, 0.3) is 5.91 Å². The van der Waals surface area contributed by atoms with Crippen molar-refractivity contribution in [3.63, 3.8) is 0 Å². The predicted octanol–water partition coefficient (Wildman–Crippen LogP) is 4.41. The van der Waals surface area contributed by atoms with E-state index in [1.807, 2.05) is 0 Å². The molecule has 0 saturated carbocycles. The van der Waals surface area contributed by atoms with Crippen molar-refractivity contribution in [2.75, 3.05) is 20.3 Å². The smallest absolute Gasteiger partial charge is 0.416 e. The summed E-state index contributed by atoms with van der Waals surface area (Å²) in [6.07, 6.45) is -3.25. The number of hydrogen-bond donors (Lipinski definition) is 1. The number of hydrogen-bond acceptors (Lipinski definition) is 5. The zero-order valence-electron chi connectivity index (χ0n) is 17.9. The minimum Gasteiger partial charge on any atom is -0.447 e. The van der Waals surface area contributed by atoms with Crippen LogP contribution in [-0.4, -0.2) is 36.1 Å². The van der Waals surface area contributed by atoms with Gasteiger partial charge in [-0.3, -0.25) is 9.69 Å². The molecule has 1 N–H and O–H groups in total. The number of carbonyl (C=O) groups is 1. The van der Waals surface area contributed by atoms with E-state index in [9.17, 15) is 22.4 Å². The lowest BCUT2D eigenvalue weighted by Crippen LogP contribution is -2.27. The molecule has 1 amide bonds. The number of oxazole rings is 1. The lowest BCUT2D eigenvalue weighted by molar-refractivity contribution is -0.137. The summed E-state index contributed by atoms with van der Waals surface area (Å²) in [6.45, 7) is 1.09. The highest BCUT2D eigenvalue weighted by Crippen LogP contribution is 2.30. The number of alkyl halides is 3. The van der Waals surface area contributed by atoms with Crippen molar-refractivity contribution in [1.29, 1.82) is 0 Å². The number of amides is 1. The van der Waals surface area contributed by atoms with Gasteiger partial charge in [-0.25, -0.2) is 9.37 Å². The number of nitrogens with one attached hydrogen (secondary N) is 1. The van der Waals surface area contributed by atoms with Gasteiger partial charge in [0.15, 0.2) is 5.69 Å². The molecule has 3 rings (SSSR count). The first-order chi connectivity index (χ1) is 15.7. The maximum Gasteiger partial charge on any atom is 0.416 e. The fraction of sp³-hybridized carbons (Fsp3) is 0.304. The van der Waals surface area contributed by atoms with Crippen LogP contribution >= 0.6 is 0 Å². The topological polar surface area (TPSA) is 67.6 Å². The van der Waals surface area contributed by atoms with Crippen LogP contribution in [0.25, 0.3) is 0 Å². The minimum absolute atomic E-state index is 0.0749. The van der Waals surface area contributed by atoms with Crippen LogP contribution in [0.5, 0.6) is 0 Å². The molecule has 6 nitrogen and oxygen atoms in total. The van der Waals surface area contributed by atoms with Gasteiger partial charge in [-0.1, -0.05) is 30.3 Å². The molecular weight excluding hydrogens is 442 g/mol. The number of ether oxygens (including phenoxy) is 1. The SMILES string of the molecule is COCCNC(=O)c1coc(CN(Cc2cccc(F)c2)Cc2cccc(C(F)(F)F)c2)n1. The molecule has 0 saturated heterocycles. The van der Waals surface area contributed by atoms with E-state index in [0.29, 0.717) is 24.3 Å². The summed E-state index contributed by atoms with van der Waals surface area (Å²) in [5.74, 6) is -0.649. The summed E-state index contributed by atoms with van der Waals surface area (Å²) in [7, 11) is 1.51. The van der Waals surface area contributed by atoms with Crippen molar-refractivity contribution in [3.8, 4) is 0 Å². The van der Waals surface area contributed by atoms with Crippen LogP contribution in [0, 0.1) is 5.82 Å². The first-order valence-electron chi connectivity index (χ1n) is 10.1. The Balaban J connectivity index is 1.77. The average molecular weight is 465 g/mol. The molecule has 0 spiro atoms. The van der Waals surface area contributed by atoms with E-state index in [-0.39, 0.29) is 31.2 Å². The molecule has 1 aromatic heterocycles. The Bertz CT molecular complexity index is 1070. The number of rotatable bonds is 10. The molecule has 0 atom stereocenters. The molecule has 176 valence electrons. The first-order valence-corrected chi connectivity index (χ1v) is 10.1.